The molecule has 1 amide bonds. The summed E-state index contributed by atoms with van der Waals surface area (Å²) >= 11 is 0. The number of nitrogens with zero attached hydrogens (tertiary/aromatic N) is 3. The average molecular weight is 562 g/mol. The number of unbranched alkanes of at least 4 members (excludes halogenated alkanes) is 1. The van der Waals surface area contributed by atoms with Crippen molar-refractivity contribution >= 4 is 11.9 Å². The normalized spacial score (nSPS) is 20.1. The van der Waals surface area contributed by atoms with Crippen LogP contribution in [0, 0.1) is 5.92 Å². The fourth-order valence-electron chi connectivity index (χ4n) is 5.74. The van der Waals surface area contributed by atoms with Crippen LogP contribution in [0.3, 0.4) is 0 Å². The number of aliphatic hydroxyl groups excluding tert-OH is 1. The molecule has 0 unspecified atom stereocenters. The number of carbonyl (C=O) groups excluding carboxylic acids is 1. The number of carboxylic acids is 1. The summed E-state index contributed by atoms with van der Waals surface area (Å²) in [5.74, 6) is -1.40. The summed E-state index contributed by atoms with van der Waals surface area (Å²) in [6.45, 7) is 3.49. The van der Waals surface area contributed by atoms with Crippen LogP contribution in [0.2, 0.25) is 0 Å². The van der Waals surface area contributed by atoms with Gasteiger partial charge in [-0.3, -0.25) is 19.1 Å². The van der Waals surface area contributed by atoms with Crippen LogP contribution in [0.5, 0.6) is 29.0 Å². The van der Waals surface area contributed by atoms with Crippen molar-refractivity contribution in [3.05, 3.63) is 29.8 Å². The van der Waals surface area contributed by atoms with Crippen molar-refractivity contribution in [1.82, 2.24) is 14.4 Å². The number of rotatable bonds is 14. The van der Waals surface area contributed by atoms with E-state index in [1.165, 1.54) is 23.8 Å². The minimum absolute atomic E-state index is 0.00538. The van der Waals surface area contributed by atoms with Gasteiger partial charge in [0.15, 0.2) is 23.3 Å². The Kier molecular flexibility index (Phi) is 9.64. The van der Waals surface area contributed by atoms with Crippen molar-refractivity contribution in [2.24, 2.45) is 5.92 Å². The Morgan fingerprint density at radius 1 is 1.12 bits per heavy atom. The molecule has 40 heavy (non-hydrogen) atoms. The Morgan fingerprint density at radius 3 is 2.50 bits per heavy atom. The lowest BCUT2D eigenvalue weighted by Gasteiger charge is -2.30. The van der Waals surface area contributed by atoms with Crippen molar-refractivity contribution in [2.45, 2.75) is 51.1 Å². The van der Waals surface area contributed by atoms with E-state index in [9.17, 15) is 30.0 Å². The molecule has 1 aromatic carbocycles. The predicted molar refractivity (Wildman–Crippen MR) is 144 cm³/mol. The Morgan fingerprint density at radius 2 is 1.85 bits per heavy atom. The summed E-state index contributed by atoms with van der Waals surface area (Å²) in [4.78, 5) is 29.9. The first-order valence-electron chi connectivity index (χ1n) is 13.7. The maximum atomic E-state index is 13.5. The molecule has 4 rings (SSSR count). The van der Waals surface area contributed by atoms with Crippen molar-refractivity contribution in [3.63, 3.8) is 0 Å². The molecule has 2 aliphatic rings. The van der Waals surface area contributed by atoms with Gasteiger partial charge in [-0.2, -0.15) is 0 Å². The minimum atomic E-state index is -1.01. The fraction of sp³-hybridized carbons (Fsp3) is 0.571. The molecule has 0 spiro atoms. The molecule has 2 aromatic rings. The SMILES string of the molecule is CCCCN(CCCO)C(=O)CN1C[C@H](c2cc(OC)c3c(c2)OCO3)[C@@H](C(=O)O)[C@@H]1CCn1c(O)ccc1O. The van der Waals surface area contributed by atoms with Gasteiger partial charge in [0.1, 0.15) is 0 Å². The molecular weight excluding hydrogens is 522 g/mol. The number of amides is 1. The topological polar surface area (TPSA) is 154 Å². The zero-order valence-electron chi connectivity index (χ0n) is 23.0. The van der Waals surface area contributed by atoms with Gasteiger partial charge in [-0.15, -0.1) is 0 Å². The highest BCUT2D eigenvalue weighted by molar-refractivity contribution is 5.79. The number of carbonyl (C=O) groups is 2. The third-order valence-corrected chi connectivity index (χ3v) is 7.78. The van der Waals surface area contributed by atoms with Crippen LogP contribution < -0.4 is 14.2 Å². The number of hydrogen-bond acceptors (Lipinski definition) is 9. The van der Waals surface area contributed by atoms with Gasteiger partial charge in [0.2, 0.25) is 18.4 Å². The Bertz CT molecular complexity index is 1160. The van der Waals surface area contributed by atoms with E-state index in [4.69, 9.17) is 14.2 Å². The summed E-state index contributed by atoms with van der Waals surface area (Å²) in [5.41, 5.74) is 0.697. The number of carboxylic acid groups (broad SMARTS) is 1. The third-order valence-electron chi connectivity index (χ3n) is 7.78. The number of aromatic nitrogens is 1. The molecule has 220 valence electrons. The molecule has 0 aliphatic carbocycles. The number of hydrogen-bond donors (Lipinski definition) is 4. The standard InChI is InChI=1S/C28H39N3O9/c1-3-4-9-29(10-5-12-32)25(35)16-30-15-19(18-13-21(38-2)27-22(14-18)39-17-40-27)26(28(36)37)20(30)8-11-31-23(33)6-7-24(31)34/h6-7,13-14,19-20,26,32-34H,3-5,8-12,15-17H2,1-2H3,(H,36,37)/t19-,20+,26-/m1/s1. The average Bonchev–Trinajstić information content (AvgIpc) is 3.64. The molecule has 1 fully saturated rings. The molecule has 3 heterocycles. The van der Waals surface area contributed by atoms with Gasteiger partial charge in [-0.25, -0.2) is 0 Å². The molecule has 1 saturated heterocycles. The molecule has 0 saturated carbocycles. The van der Waals surface area contributed by atoms with E-state index in [0.29, 0.717) is 48.9 Å². The number of aromatic hydroxyl groups is 2. The summed E-state index contributed by atoms with van der Waals surface area (Å²) in [5, 5.41) is 40.1. The summed E-state index contributed by atoms with van der Waals surface area (Å²) in [7, 11) is 1.51. The quantitative estimate of drug-likeness (QED) is 0.270. The number of methoxy groups -OCH3 is 1. The maximum Gasteiger partial charge on any atom is 0.308 e. The first-order valence-corrected chi connectivity index (χ1v) is 13.7. The van der Waals surface area contributed by atoms with Crippen LogP contribution in [-0.4, -0.2) is 99.4 Å². The molecule has 1 aromatic heterocycles. The van der Waals surface area contributed by atoms with E-state index in [-0.39, 0.29) is 50.6 Å². The highest BCUT2D eigenvalue weighted by atomic mass is 16.7. The van der Waals surface area contributed by atoms with Crippen LogP contribution >= 0.6 is 0 Å². The van der Waals surface area contributed by atoms with Crippen LogP contribution in [0.1, 0.15) is 44.1 Å². The molecule has 12 nitrogen and oxygen atoms in total. The largest absolute Gasteiger partial charge is 0.494 e. The van der Waals surface area contributed by atoms with Crippen LogP contribution in [0.25, 0.3) is 0 Å². The monoisotopic (exact) mass is 561 g/mol. The highest BCUT2D eigenvalue weighted by Crippen LogP contribution is 2.47. The maximum absolute atomic E-state index is 13.5. The van der Waals surface area contributed by atoms with Gasteiger partial charge in [-0.1, -0.05) is 13.3 Å². The Balaban J connectivity index is 1.65. The zero-order valence-corrected chi connectivity index (χ0v) is 23.0. The van der Waals surface area contributed by atoms with Gasteiger partial charge < -0.3 is 39.5 Å². The van der Waals surface area contributed by atoms with Gasteiger partial charge >= 0.3 is 5.97 Å². The smallest absolute Gasteiger partial charge is 0.308 e. The lowest BCUT2D eigenvalue weighted by atomic mass is 9.84. The van der Waals surface area contributed by atoms with E-state index in [1.54, 1.807) is 17.0 Å². The lowest BCUT2D eigenvalue weighted by molar-refractivity contribution is -0.144. The number of fused-ring (bicyclic) bond motifs is 1. The number of ether oxygens (including phenoxy) is 3. The molecule has 12 heteroatoms. The second-order valence-electron chi connectivity index (χ2n) is 10.2. The van der Waals surface area contributed by atoms with Gasteiger partial charge in [0.25, 0.3) is 0 Å². The van der Waals surface area contributed by atoms with Crippen LogP contribution in [-0.2, 0) is 16.1 Å². The van der Waals surface area contributed by atoms with Crippen LogP contribution in [0.15, 0.2) is 24.3 Å². The van der Waals surface area contributed by atoms with Gasteiger partial charge in [0, 0.05) is 56.9 Å². The van der Waals surface area contributed by atoms with E-state index in [2.05, 4.69) is 0 Å². The Labute approximate surface area is 233 Å². The summed E-state index contributed by atoms with van der Waals surface area (Å²) < 4.78 is 17.9. The predicted octanol–water partition coefficient (Wildman–Crippen LogP) is 2.21. The molecule has 4 N–H and O–H groups in total. The minimum Gasteiger partial charge on any atom is -0.494 e. The fourth-order valence-corrected chi connectivity index (χ4v) is 5.74. The zero-order chi connectivity index (χ0) is 28.8. The highest BCUT2D eigenvalue weighted by Gasteiger charge is 2.47. The number of benzene rings is 1. The van der Waals surface area contributed by atoms with E-state index < -0.39 is 23.8 Å². The van der Waals surface area contributed by atoms with Crippen molar-refractivity contribution in [2.75, 3.05) is 46.7 Å². The summed E-state index contributed by atoms with van der Waals surface area (Å²) in [6.07, 6.45) is 2.46. The second kappa shape index (κ2) is 13.1. The van der Waals surface area contributed by atoms with Gasteiger partial charge in [0.05, 0.1) is 19.6 Å². The molecule has 2 aliphatic heterocycles. The van der Waals surface area contributed by atoms with Gasteiger partial charge in [-0.05, 0) is 37.0 Å². The van der Waals surface area contributed by atoms with E-state index >= 15 is 0 Å². The first-order chi connectivity index (χ1) is 19.3. The van der Waals surface area contributed by atoms with Crippen molar-refractivity contribution < 1.29 is 44.2 Å². The van der Waals surface area contributed by atoms with E-state index in [1.807, 2.05) is 11.8 Å². The van der Waals surface area contributed by atoms with Crippen molar-refractivity contribution in [1.29, 1.82) is 0 Å². The molecule has 0 radical (unpaired) electrons. The van der Waals surface area contributed by atoms with Crippen molar-refractivity contribution in [3.8, 4) is 29.0 Å². The van der Waals surface area contributed by atoms with E-state index in [0.717, 1.165) is 12.8 Å². The second-order valence-corrected chi connectivity index (χ2v) is 10.2. The molecular formula is C28H39N3O9. The molecule has 3 atom stereocenters. The molecule has 0 bridgehead atoms. The number of aliphatic hydroxyl groups is 1. The Hall–Kier alpha value is -3.64. The lowest BCUT2D eigenvalue weighted by Crippen LogP contribution is -2.45. The summed E-state index contributed by atoms with van der Waals surface area (Å²) in [6, 6.07) is 5.69. The first kappa shape index (κ1) is 29.3. The number of likely N-dealkylation sites (tertiary alicyclic amines) is 1. The number of aliphatic carboxylic acids is 1. The third kappa shape index (κ3) is 6.23. The van der Waals surface area contributed by atoms with Crippen LogP contribution in [0.4, 0.5) is 0 Å².